The van der Waals surface area contributed by atoms with E-state index in [2.05, 4.69) is 87.2 Å². The van der Waals surface area contributed by atoms with Gasteiger partial charge in [0.15, 0.2) is 0 Å². The maximum atomic E-state index is 5.46. The molecule has 180 valence electrons. The van der Waals surface area contributed by atoms with Gasteiger partial charge in [0.25, 0.3) is 0 Å². The van der Waals surface area contributed by atoms with Gasteiger partial charge in [-0.2, -0.15) is 0 Å². The van der Waals surface area contributed by atoms with Crippen LogP contribution in [0.2, 0.25) is 0 Å². The molecule has 8 nitrogen and oxygen atoms in total. The smallest absolute Gasteiger partial charge is 0.219 e. The Labute approximate surface area is 198 Å². The molecular formula is C25H40N8. The zero-order valence-electron chi connectivity index (χ0n) is 21.5. The number of hydrogen-bond donors (Lipinski definition) is 3. The van der Waals surface area contributed by atoms with Crippen molar-refractivity contribution in [1.82, 2.24) is 24.9 Å². The lowest BCUT2D eigenvalue weighted by Gasteiger charge is -2.17. The molecule has 0 fully saturated rings. The summed E-state index contributed by atoms with van der Waals surface area (Å²) in [7, 11) is 0. The Kier molecular flexibility index (Phi) is 9.27. The monoisotopic (exact) mass is 452 g/mol. The Morgan fingerprint density at radius 1 is 0.485 bits per heavy atom. The molecule has 3 aromatic heterocycles. The minimum atomic E-state index is 0.0562. The first-order chi connectivity index (χ1) is 15.0. The molecule has 6 N–H and O–H groups in total. The molecule has 0 amide bonds. The van der Waals surface area contributed by atoms with E-state index >= 15 is 0 Å². The van der Waals surface area contributed by atoms with Gasteiger partial charge in [-0.25, -0.2) is 19.9 Å². The first-order valence-corrected chi connectivity index (χ1v) is 10.9. The van der Waals surface area contributed by atoms with E-state index < -0.39 is 0 Å². The Bertz CT molecular complexity index is 828. The van der Waals surface area contributed by atoms with Crippen LogP contribution in [0.15, 0.2) is 43.1 Å². The van der Waals surface area contributed by atoms with E-state index in [1.165, 1.54) is 5.56 Å². The van der Waals surface area contributed by atoms with Gasteiger partial charge in [-0.05, 0) is 28.0 Å². The molecule has 0 aliphatic heterocycles. The van der Waals surface area contributed by atoms with E-state index in [9.17, 15) is 0 Å². The summed E-state index contributed by atoms with van der Waals surface area (Å²) in [5.74, 6) is 1.38. The predicted molar refractivity (Wildman–Crippen MR) is 138 cm³/mol. The summed E-state index contributed by atoms with van der Waals surface area (Å²) in [6.07, 6.45) is 8.66. The normalized spacial score (nSPS) is 11.5. The highest BCUT2D eigenvalue weighted by molar-refractivity contribution is 5.31. The van der Waals surface area contributed by atoms with Gasteiger partial charge in [-0.15, -0.1) is 0 Å². The molecule has 8 heteroatoms. The summed E-state index contributed by atoms with van der Waals surface area (Å²) in [5.41, 5.74) is 19.8. The van der Waals surface area contributed by atoms with Gasteiger partial charge in [0.05, 0.1) is 18.1 Å². The summed E-state index contributed by atoms with van der Waals surface area (Å²) >= 11 is 0. The highest BCUT2D eigenvalue weighted by atomic mass is 15.0. The minimum absolute atomic E-state index is 0.0562. The number of rotatable bonds is 0. The fraction of sp³-hybridized carbons (Fsp3) is 0.480. The largest absolute Gasteiger partial charge is 0.384 e. The van der Waals surface area contributed by atoms with Crippen LogP contribution < -0.4 is 17.2 Å². The van der Waals surface area contributed by atoms with Gasteiger partial charge in [0.2, 0.25) is 5.95 Å². The Morgan fingerprint density at radius 3 is 1.33 bits per heavy atom. The topological polar surface area (TPSA) is 143 Å². The van der Waals surface area contributed by atoms with Crippen LogP contribution in [0.4, 0.5) is 17.6 Å². The fourth-order valence-corrected chi connectivity index (χ4v) is 2.30. The van der Waals surface area contributed by atoms with E-state index in [-0.39, 0.29) is 16.2 Å². The first-order valence-electron chi connectivity index (χ1n) is 10.9. The van der Waals surface area contributed by atoms with Crippen molar-refractivity contribution in [2.24, 2.45) is 0 Å². The maximum Gasteiger partial charge on any atom is 0.219 e. The van der Waals surface area contributed by atoms with E-state index in [0.717, 1.165) is 11.3 Å². The van der Waals surface area contributed by atoms with Gasteiger partial charge in [-0.3, -0.25) is 4.98 Å². The van der Waals surface area contributed by atoms with E-state index in [0.29, 0.717) is 17.6 Å². The van der Waals surface area contributed by atoms with Crippen LogP contribution >= 0.6 is 0 Å². The molecule has 0 spiro atoms. The number of nitrogens with zero attached hydrogens (tertiary/aromatic N) is 5. The Balaban J connectivity index is 0.000000247. The molecule has 0 radical (unpaired) electrons. The number of anilines is 3. The number of nitrogen functional groups attached to an aromatic ring is 3. The van der Waals surface area contributed by atoms with Crippen LogP contribution in [0.5, 0.6) is 0 Å². The van der Waals surface area contributed by atoms with Gasteiger partial charge in [-0.1, -0.05) is 68.4 Å². The lowest BCUT2D eigenvalue weighted by Crippen LogP contribution is -2.13. The molecule has 3 aromatic rings. The fourth-order valence-electron chi connectivity index (χ4n) is 2.30. The van der Waals surface area contributed by atoms with Gasteiger partial charge < -0.3 is 17.2 Å². The van der Waals surface area contributed by atoms with Crippen LogP contribution in [0.1, 0.15) is 79.1 Å². The summed E-state index contributed by atoms with van der Waals surface area (Å²) in [5, 5.41) is 0. The Hall–Kier alpha value is -3.29. The standard InChI is InChI=1S/C9H14N2.2C8H13N3/c1-9(2,3)7-4-5-8(10)11-6-7;1-8(2,3)6-4-11-7(9)5-10-6;1-8(2,3)6-4-10-7(9)11-5-6/h4-6H,1-3H3,(H2,10,11);4-5H,1-3H3,(H2,9,11);4-5H,1-3H3,(H2,9,10,11). The van der Waals surface area contributed by atoms with Crippen molar-refractivity contribution in [3.05, 3.63) is 59.9 Å². The highest BCUT2D eigenvalue weighted by Crippen LogP contribution is 2.21. The minimum Gasteiger partial charge on any atom is -0.384 e. The third-order valence-electron chi connectivity index (χ3n) is 4.63. The second-order valence-corrected chi connectivity index (χ2v) is 10.9. The maximum absolute atomic E-state index is 5.46. The molecule has 0 bridgehead atoms. The summed E-state index contributed by atoms with van der Waals surface area (Å²) in [6.45, 7) is 19.1. The Morgan fingerprint density at radius 2 is 0.970 bits per heavy atom. The van der Waals surface area contributed by atoms with E-state index in [4.69, 9.17) is 17.2 Å². The summed E-state index contributed by atoms with van der Waals surface area (Å²) in [6, 6.07) is 3.85. The quantitative estimate of drug-likeness (QED) is 0.446. The number of nitrogens with two attached hydrogens (primary N) is 3. The van der Waals surface area contributed by atoms with Crippen molar-refractivity contribution in [3.8, 4) is 0 Å². The van der Waals surface area contributed by atoms with Gasteiger partial charge >= 0.3 is 0 Å². The van der Waals surface area contributed by atoms with Gasteiger partial charge in [0, 0.05) is 24.0 Å². The third kappa shape index (κ3) is 10.2. The number of hydrogen-bond acceptors (Lipinski definition) is 8. The van der Waals surface area contributed by atoms with Crippen molar-refractivity contribution < 1.29 is 0 Å². The molecule has 33 heavy (non-hydrogen) atoms. The van der Waals surface area contributed by atoms with Crippen LogP contribution in [0.3, 0.4) is 0 Å². The number of pyridine rings is 1. The zero-order valence-corrected chi connectivity index (χ0v) is 21.5. The third-order valence-corrected chi connectivity index (χ3v) is 4.63. The second kappa shape index (κ2) is 11.0. The molecule has 0 saturated heterocycles. The van der Waals surface area contributed by atoms with Crippen LogP contribution in [0, 0.1) is 0 Å². The zero-order chi connectivity index (χ0) is 25.4. The lowest BCUT2D eigenvalue weighted by molar-refractivity contribution is 0.566. The average Bonchev–Trinajstić information content (AvgIpc) is 2.68. The van der Waals surface area contributed by atoms with Crippen molar-refractivity contribution >= 4 is 17.6 Å². The second-order valence-electron chi connectivity index (χ2n) is 10.9. The van der Waals surface area contributed by atoms with Gasteiger partial charge in [0.1, 0.15) is 11.6 Å². The van der Waals surface area contributed by atoms with Crippen LogP contribution in [-0.4, -0.2) is 24.9 Å². The molecule has 0 unspecified atom stereocenters. The van der Waals surface area contributed by atoms with Crippen LogP contribution in [-0.2, 0) is 16.2 Å². The SMILES string of the molecule is CC(C)(C)c1ccc(N)nc1.CC(C)(C)c1cnc(N)cn1.CC(C)(C)c1cnc(N)nc1. The van der Waals surface area contributed by atoms with Crippen molar-refractivity contribution in [3.63, 3.8) is 0 Å². The molecule has 3 rings (SSSR count). The molecule has 0 aliphatic carbocycles. The van der Waals surface area contributed by atoms with Crippen molar-refractivity contribution in [2.45, 2.75) is 78.6 Å². The molecule has 0 aliphatic rings. The molecule has 0 aromatic carbocycles. The van der Waals surface area contributed by atoms with Crippen molar-refractivity contribution in [1.29, 1.82) is 0 Å². The van der Waals surface area contributed by atoms with Crippen molar-refractivity contribution in [2.75, 3.05) is 17.2 Å². The molecular weight excluding hydrogens is 412 g/mol. The first kappa shape index (κ1) is 27.7. The summed E-state index contributed by atoms with van der Waals surface area (Å²) in [4.78, 5) is 20.0. The lowest BCUT2D eigenvalue weighted by atomic mass is 9.88. The van der Waals surface area contributed by atoms with Crippen LogP contribution in [0.25, 0.3) is 0 Å². The highest BCUT2D eigenvalue weighted by Gasteiger charge is 2.15. The number of aromatic nitrogens is 5. The molecule has 3 heterocycles. The summed E-state index contributed by atoms with van der Waals surface area (Å²) < 4.78 is 0. The predicted octanol–water partition coefficient (Wildman–Crippen LogP) is 4.67. The van der Waals surface area contributed by atoms with E-state index in [1.807, 2.05) is 18.3 Å². The average molecular weight is 453 g/mol. The van der Waals surface area contributed by atoms with E-state index in [1.54, 1.807) is 24.8 Å². The molecule has 0 saturated carbocycles. The molecule has 0 atom stereocenters.